The second-order valence-corrected chi connectivity index (χ2v) is 15.0. The molecule has 18 nitrogen and oxygen atoms in total. The van der Waals surface area contributed by atoms with Crippen molar-refractivity contribution in [1.82, 2.24) is 5.32 Å². The fraction of sp³-hybridized carbons (Fsp3) is 0. The molecule has 2 aliphatic rings. The quantitative estimate of drug-likeness (QED) is 0.0875. The molecular formula is C30H23N7O11S3. The number of aliphatic imine (C=N–C) groups is 2. The van der Waals surface area contributed by atoms with E-state index in [1.54, 1.807) is 0 Å². The summed E-state index contributed by atoms with van der Waals surface area (Å²) in [4.78, 5) is 33.2. The Morgan fingerprint density at radius 1 is 0.647 bits per heavy atom. The first kappa shape index (κ1) is 34.9. The van der Waals surface area contributed by atoms with Crippen LogP contribution in [-0.4, -0.2) is 62.4 Å². The average molecular weight is 754 g/mol. The van der Waals surface area contributed by atoms with Gasteiger partial charge < -0.3 is 27.0 Å². The van der Waals surface area contributed by atoms with E-state index in [4.69, 9.17) is 5.73 Å². The number of hydrogen-bond acceptors (Lipinski definition) is 15. The number of carbonyl (C=O) groups is 2. The van der Waals surface area contributed by atoms with Gasteiger partial charge in [0.2, 0.25) is 11.9 Å². The zero-order chi connectivity index (χ0) is 37.0. The highest BCUT2D eigenvalue weighted by Crippen LogP contribution is 2.40. The zero-order valence-electron chi connectivity index (χ0n) is 25.4. The van der Waals surface area contributed by atoms with Crippen molar-refractivity contribution in [3.8, 4) is 0 Å². The van der Waals surface area contributed by atoms with E-state index in [0.717, 1.165) is 30.3 Å². The van der Waals surface area contributed by atoms with Crippen molar-refractivity contribution in [3.05, 3.63) is 107 Å². The predicted octanol–water partition coefficient (Wildman–Crippen LogP) is 2.84. The van der Waals surface area contributed by atoms with Crippen LogP contribution in [0.3, 0.4) is 0 Å². The topological polar surface area (TPSA) is 296 Å². The van der Waals surface area contributed by atoms with Gasteiger partial charge in [0.15, 0.2) is 11.6 Å². The Bertz CT molecular complexity index is 2640. The van der Waals surface area contributed by atoms with Crippen LogP contribution >= 0.6 is 0 Å². The first-order valence-electron chi connectivity index (χ1n) is 14.1. The van der Waals surface area contributed by atoms with Crippen LogP contribution in [0, 0.1) is 0 Å². The summed E-state index contributed by atoms with van der Waals surface area (Å²) < 4.78 is 102. The molecule has 0 saturated heterocycles. The number of nitrogens with two attached hydrogens (primary N) is 1. The standard InChI is InChI=1S/C30H23N7O11S3/c1-14-32-29(35-15-5-4-6-17(11-15)49(40,41)42)37-30(33-14)36-20-10-9-16(12-22(20)50(43,44)45)34-21-13-23(51(46,47)48)26(31)25-24(21)27(38)18-7-2-3-8-19(18)28(25)39/h2-13,34H,1,31H2,(H,40,41,42)(H,43,44,45)(H,46,47,48)(H3,32,33,35,36,37). The van der Waals surface area contributed by atoms with E-state index in [9.17, 15) is 48.5 Å². The van der Waals surface area contributed by atoms with Crippen LogP contribution in [0.2, 0.25) is 0 Å². The van der Waals surface area contributed by atoms with Gasteiger partial charge in [-0.2, -0.15) is 35.2 Å². The summed E-state index contributed by atoms with van der Waals surface area (Å²) >= 11 is 0. The minimum Gasteiger partial charge on any atom is -0.397 e. The number of anilines is 5. The van der Waals surface area contributed by atoms with Crippen molar-refractivity contribution in [2.45, 2.75) is 14.7 Å². The Labute approximate surface area is 289 Å². The molecule has 0 fully saturated rings. The smallest absolute Gasteiger partial charge is 0.296 e. The van der Waals surface area contributed by atoms with Gasteiger partial charge in [-0.1, -0.05) is 36.9 Å². The van der Waals surface area contributed by atoms with Gasteiger partial charge in [-0.15, -0.1) is 0 Å². The lowest BCUT2D eigenvalue weighted by molar-refractivity contribution is 0.0980. The molecule has 21 heteroatoms. The molecule has 9 N–H and O–H groups in total. The third-order valence-corrected chi connectivity index (χ3v) is 10.0. The van der Waals surface area contributed by atoms with Gasteiger partial charge in [-0.25, -0.2) is 0 Å². The van der Waals surface area contributed by atoms with E-state index in [0.29, 0.717) is 0 Å². The molecule has 1 aliphatic heterocycles. The van der Waals surface area contributed by atoms with Crippen molar-refractivity contribution in [3.63, 3.8) is 0 Å². The summed E-state index contributed by atoms with van der Waals surface area (Å²) in [6, 6.07) is 15.0. The Balaban J connectivity index is 1.37. The molecule has 262 valence electrons. The number of rotatable bonds is 7. The molecule has 0 atom stereocenters. The van der Waals surface area contributed by atoms with Crippen molar-refractivity contribution in [1.29, 1.82) is 0 Å². The first-order chi connectivity index (χ1) is 23.8. The van der Waals surface area contributed by atoms with Crippen LogP contribution in [0.5, 0.6) is 0 Å². The molecule has 4 aromatic rings. The van der Waals surface area contributed by atoms with Gasteiger partial charge in [0.25, 0.3) is 30.4 Å². The first-order valence-corrected chi connectivity index (χ1v) is 18.4. The SMILES string of the molecule is C=C1N=C(Nc2ccc(Nc3cc(S(=O)(=O)O)c(N)c4c3C(=O)c3ccccc3C4=O)cc2S(=O)(=O)O)N=C(Nc2cccc(S(=O)(=O)O)c2)N1. The number of hydrogen-bond donors (Lipinski definition) is 8. The largest absolute Gasteiger partial charge is 0.397 e. The molecule has 6 rings (SSSR count). The Kier molecular flexibility index (Phi) is 8.49. The second-order valence-electron chi connectivity index (χ2n) is 10.8. The maximum absolute atomic E-state index is 13.6. The van der Waals surface area contributed by atoms with E-state index in [-0.39, 0.29) is 57.2 Å². The summed E-state index contributed by atoms with van der Waals surface area (Å²) in [6.45, 7) is 3.68. The zero-order valence-corrected chi connectivity index (χ0v) is 27.9. The van der Waals surface area contributed by atoms with Crippen LogP contribution in [0.25, 0.3) is 0 Å². The number of nitrogens with one attached hydrogen (secondary N) is 4. The third-order valence-electron chi connectivity index (χ3n) is 7.38. The fourth-order valence-electron chi connectivity index (χ4n) is 5.24. The number of fused-ring (bicyclic) bond motifs is 2. The normalized spacial score (nSPS) is 14.5. The Hall–Kier alpha value is -5.97. The number of benzene rings is 4. The molecule has 0 spiro atoms. The van der Waals surface area contributed by atoms with Gasteiger partial charge in [0.1, 0.15) is 15.6 Å². The molecule has 0 unspecified atom stereocenters. The van der Waals surface area contributed by atoms with Crippen LogP contribution in [0.1, 0.15) is 31.8 Å². The molecule has 0 aromatic heterocycles. The molecule has 0 saturated carbocycles. The molecule has 0 amide bonds. The van der Waals surface area contributed by atoms with Gasteiger partial charge >= 0.3 is 0 Å². The summed E-state index contributed by atoms with van der Waals surface area (Å²) in [5.41, 5.74) is 3.85. The molecular weight excluding hydrogens is 731 g/mol. The Morgan fingerprint density at radius 3 is 1.90 bits per heavy atom. The highest BCUT2D eigenvalue weighted by Gasteiger charge is 2.36. The minimum atomic E-state index is -5.05. The van der Waals surface area contributed by atoms with Crippen molar-refractivity contribution in [2.24, 2.45) is 9.98 Å². The molecule has 51 heavy (non-hydrogen) atoms. The second kappa shape index (κ2) is 12.4. The van der Waals surface area contributed by atoms with E-state index in [1.165, 1.54) is 42.5 Å². The summed E-state index contributed by atoms with van der Waals surface area (Å²) in [6.07, 6.45) is 0. The van der Waals surface area contributed by atoms with Crippen LogP contribution in [0.15, 0.2) is 110 Å². The number of carbonyl (C=O) groups excluding carboxylic acids is 2. The average Bonchev–Trinajstić information content (AvgIpc) is 3.03. The lowest BCUT2D eigenvalue weighted by atomic mass is 9.82. The third kappa shape index (κ3) is 6.92. The van der Waals surface area contributed by atoms with E-state index < -0.39 is 67.9 Å². The van der Waals surface area contributed by atoms with Gasteiger partial charge in [0.05, 0.1) is 33.1 Å². The summed E-state index contributed by atoms with van der Waals surface area (Å²) in [5.74, 6) is -1.84. The molecule has 4 aromatic carbocycles. The molecule has 0 radical (unpaired) electrons. The van der Waals surface area contributed by atoms with Crippen molar-refractivity contribution < 1.29 is 48.5 Å². The molecule has 1 heterocycles. The van der Waals surface area contributed by atoms with Crippen molar-refractivity contribution >= 4 is 82.3 Å². The predicted molar refractivity (Wildman–Crippen MR) is 184 cm³/mol. The highest BCUT2D eigenvalue weighted by molar-refractivity contribution is 7.86. The lowest BCUT2D eigenvalue weighted by Crippen LogP contribution is -2.35. The minimum absolute atomic E-state index is 0.00354. The van der Waals surface area contributed by atoms with Gasteiger partial charge in [0, 0.05) is 22.5 Å². The number of nitrogens with zero attached hydrogens (tertiary/aromatic N) is 2. The van der Waals surface area contributed by atoms with Crippen molar-refractivity contribution in [2.75, 3.05) is 21.7 Å². The van der Waals surface area contributed by atoms with Gasteiger partial charge in [-0.3, -0.25) is 23.2 Å². The van der Waals surface area contributed by atoms with E-state index >= 15 is 0 Å². The van der Waals surface area contributed by atoms with Crippen LogP contribution in [-0.2, 0) is 30.4 Å². The van der Waals surface area contributed by atoms with Crippen LogP contribution < -0.4 is 27.0 Å². The van der Waals surface area contributed by atoms with E-state index in [1.807, 2.05) is 0 Å². The van der Waals surface area contributed by atoms with Gasteiger partial charge in [-0.05, 0) is 42.5 Å². The lowest BCUT2D eigenvalue weighted by Gasteiger charge is -2.24. The van der Waals surface area contributed by atoms with Crippen LogP contribution in [0.4, 0.5) is 28.4 Å². The molecule has 1 aliphatic carbocycles. The number of ketones is 2. The monoisotopic (exact) mass is 753 g/mol. The fourth-order valence-corrected chi connectivity index (χ4v) is 7.08. The summed E-state index contributed by atoms with van der Waals surface area (Å²) in [5, 5.41) is 10.8. The number of nitrogen functional groups attached to an aromatic ring is 1. The Morgan fingerprint density at radius 2 is 1.27 bits per heavy atom. The maximum atomic E-state index is 13.6. The highest BCUT2D eigenvalue weighted by atomic mass is 32.2. The number of guanidine groups is 2. The maximum Gasteiger partial charge on any atom is 0.296 e. The molecule has 0 bridgehead atoms. The van der Waals surface area contributed by atoms with E-state index in [2.05, 4.69) is 37.8 Å². The summed E-state index contributed by atoms with van der Waals surface area (Å²) in [7, 11) is -14.6.